The van der Waals surface area contributed by atoms with E-state index in [2.05, 4.69) is 9.97 Å². The van der Waals surface area contributed by atoms with Crippen LogP contribution >= 0.6 is 0 Å². The first-order valence-corrected chi connectivity index (χ1v) is 4.40. The zero-order chi connectivity index (χ0) is 10.6. The van der Waals surface area contributed by atoms with Crippen LogP contribution in [0.5, 0.6) is 0 Å². The summed E-state index contributed by atoms with van der Waals surface area (Å²) in [7, 11) is 1.84. The molecule has 5 heteroatoms. The van der Waals surface area contributed by atoms with Gasteiger partial charge in [-0.3, -0.25) is 4.98 Å². The molecule has 5 nitrogen and oxygen atoms in total. The Morgan fingerprint density at radius 3 is 3.00 bits per heavy atom. The Balaban J connectivity index is 3.04. The molecule has 0 unspecified atom stereocenters. The summed E-state index contributed by atoms with van der Waals surface area (Å²) in [4.78, 5) is 19.0. The van der Waals surface area contributed by atoms with E-state index in [4.69, 9.17) is 5.26 Å². The van der Waals surface area contributed by atoms with E-state index < -0.39 is 5.69 Å². The van der Waals surface area contributed by atoms with Crippen molar-refractivity contribution in [2.75, 3.05) is 18.5 Å². The lowest BCUT2D eigenvalue weighted by Gasteiger charge is -2.16. The third kappa shape index (κ3) is 2.33. The van der Waals surface area contributed by atoms with E-state index in [0.717, 1.165) is 13.0 Å². The molecule has 1 aromatic rings. The summed E-state index contributed by atoms with van der Waals surface area (Å²) in [6.07, 6.45) is 0.965. The number of anilines is 1. The molecule has 0 aliphatic heterocycles. The van der Waals surface area contributed by atoms with Crippen LogP contribution in [0, 0.1) is 11.3 Å². The highest BCUT2D eigenvalue weighted by Crippen LogP contribution is 2.06. The molecule has 0 fully saturated rings. The van der Waals surface area contributed by atoms with Crippen molar-refractivity contribution in [2.45, 2.75) is 13.3 Å². The highest BCUT2D eigenvalue weighted by Gasteiger charge is 2.04. The molecular formula is C9H12N4O. The summed E-state index contributed by atoms with van der Waals surface area (Å²) < 4.78 is 0. The van der Waals surface area contributed by atoms with Crippen molar-refractivity contribution in [1.82, 2.24) is 9.97 Å². The third-order valence-electron chi connectivity index (χ3n) is 1.80. The first-order valence-electron chi connectivity index (χ1n) is 4.40. The van der Waals surface area contributed by atoms with E-state index in [0.29, 0.717) is 5.82 Å². The SMILES string of the molecule is CCCN(C)c1cc(C#N)[nH]c(=O)n1. The minimum Gasteiger partial charge on any atom is -0.359 e. The van der Waals surface area contributed by atoms with Crippen molar-refractivity contribution < 1.29 is 0 Å². The smallest absolute Gasteiger partial charge is 0.347 e. The van der Waals surface area contributed by atoms with Gasteiger partial charge in [-0.1, -0.05) is 6.92 Å². The van der Waals surface area contributed by atoms with Gasteiger partial charge in [0.25, 0.3) is 0 Å². The van der Waals surface area contributed by atoms with Crippen molar-refractivity contribution in [3.8, 4) is 6.07 Å². The van der Waals surface area contributed by atoms with Gasteiger partial charge in [0.05, 0.1) is 0 Å². The number of hydrogen-bond acceptors (Lipinski definition) is 4. The van der Waals surface area contributed by atoms with Crippen molar-refractivity contribution in [1.29, 1.82) is 5.26 Å². The molecule has 1 aromatic heterocycles. The number of nitriles is 1. The Morgan fingerprint density at radius 1 is 1.71 bits per heavy atom. The minimum atomic E-state index is -0.484. The molecule has 1 heterocycles. The van der Waals surface area contributed by atoms with Gasteiger partial charge < -0.3 is 4.90 Å². The molecule has 0 aromatic carbocycles. The lowest BCUT2D eigenvalue weighted by molar-refractivity contribution is 0.828. The van der Waals surface area contributed by atoms with E-state index >= 15 is 0 Å². The molecule has 0 bridgehead atoms. The highest BCUT2D eigenvalue weighted by molar-refractivity contribution is 5.40. The fourth-order valence-corrected chi connectivity index (χ4v) is 1.15. The van der Waals surface area contributed by atoms with Crippen LogP contribution in [-0.4, -0.2) is 23.6 Å². The van der Waals surface area contributed by atoms with Crippen LogP contribution in [0.15, 0.2) is 10.9 Å². The molecule has 0 spiro atoms. The lowest BCUT2D eigenvalue weighted by Crippen LogP contribution is -2.23. The van der Waals surface area contributed by atoms with E-state index in [1.165, 1.54) is 0 Å². The van der Waals surface area contributed by atoms with Gasteiger partial charge in [0, 0.05) is 19.7 Å². The van der Waals surface area contributed by atoms with E-state index in [1.807, 2.05) is 24.9 Å². The summed E-state index contributed by atoms with van der Waals surface area (Å²) in [5.74, 6) is 0.534. The molecular weight excluding hydrogens is 180 g/mol. The van der Waals surface area contributed by atoms with Gasteiger partial charge in [-0.05, 0) is 6.42 Å². The van der Waals surface area contributed by atoms with Crippen LogP contribution in [0.1, 0.15) is 19.0 Å². The monoisotopic (exact) mass is 192 g/mol. The summed E-state index contributed by atoms with van der Waals surface area (Å²) in [6, 6.07) is 3.45. The Hall–Kier alpha value is -1.83. The van der Waals surface area contributed by atoms with Crippen molar-refractivity contribution in [2.24, 2.45) is 0 Å². The predicted molar refractivity (Wildman–Crippen MR) is 53.1 cm³/mol. The Bertz CT molecular complexity index is 404. The summed E-state index contributed by atoms with van der Waals surface area (Å²) >= 11 is 0. The van der Waals surface area contributed by atoms with Crippen LogP contribution in [0.25, 0.3) is 0 Å². The second-order valence-electron chi connectivity index (χ2n) is 2.99. The Kier molecular flexibility index (Phi) is 3.24. The second kappa shape index (κ2) is 4.42. The van der Waals surface area contributed by atoms with Crippen LogP contribution in [0.3, 0.4) is 0 Å². The van der Waals surface area contributed by atoms with Gasteiger partial charge in [0.1, 0.15) is 17.6 Å². The zero-order valence-electron chi connectivity index (χ0n) is 8.24. The average molecular weight is 192 g/mol. The van der Waals surface area contributed by atoms with Gasteiger partial charge in [-0.2, -0.15) is 10.2 Å². The number of aromatic nitrogens is 2. The molecule has 14 heavy (non-hydrogen) atoms. The molecule has 0 saturated carbocycles. The predicted octanol–water partition coefficient (Wildman–Crippen LogP) is 0.488. The average Bonchev–Trinajstić information content (AvgIpc) is 2.17. The van der Waals surface area contributed by atoms with Gasteiger partial charge in [-0.15, -0.1) is 0 Å². The molecule has 1 rings (SSSR count). The Morgan fingerprint density at radius 2 is 2.43 bits per heavy atom. The molecule has 0 saturated heterocycles. The fraction of sp³-hybridized carbons (Fsp3) is 0.444. The van der Waals surface area contributed by atoms with Crippen molar-refractivity contribution >= 4 is 5.82 Å². The zero-order valence-corrected chi connectivity index (χ0v) is 8.24. The highest BCUT2D eigenvalue weighted by atomic mass is 16.1. The van der Waals surface area contributed by atoms with E-state index in [9.17, 15) is 4.79 Å². The van der Waals surface area contributed by atoms with Crippen LogP contribution in [0.2, 0.25) is 0 Å². The first kappa shape index (κ1) is 10.3. The molecule has 0 amide bonds. The Labute approximate surface area is 82.0 Å². The summed E-state index contributed by atoms with van der Waals surface area (Å²) in [6.45, 7) is 2.84. The molecule has 0 radical (unpaired) electrons. The number of rotatable bonds is 3. The molecule has 0 aliphatic rings. The lowest BCUT2D eigenvalue weighted by atomic mass is 10.4. The first-order chi connectivity index (χ1) is 6.67. The largest absolute Gasteiger partial charge is 0.359 e. The van der Waals surface area contributed by atoms with Crippen LogP contribution < -0.4 is 10.6 Å². The molecule has 74 valence electrons. The number of nitrogens with one attached hydrogen (secondary N) is 1. The maximum Gasteiger partial charge on any atom is 0.347 e. The van der Waals surface area contributed by atoms with Gasteiger partial charge in [-0.25, -0.2) is 4.79 Å². The van der Waals surface area contributed by atoms with E-state index in [1.54, 1.807) is 6.07 Å². The number of aromatic amines is 1. The second-order valence-corrected chi connectivity index (χ2v) is 2.99. The molecule has 0 aliphatic carbocycles. The van der Waals surface area contributed by atoms with Crippen molar-refractivity contribution in [3.05, 3.63) is 22.2 Å². The van der Waals surface area contributed by atoms with Gasteiger partial charge >= 0.3 is 5.69 Å². The summed E-state index contributed by atoms with van der Waals surface area (Å²) in [5.41, 5.74) is -0.245. The maximum atomic E-state index is 11.0. The standard InChI is InChI=1S/C9H12N4O/c1-3-4-13(2)8-5-7(6-10)11-9(14)12-8/h5H,3-4H2,1-2H3,(H,11,12,14). The molecule has 1 N–H and O–H groups in total. The normalized spacial score (nSPS) is 9.50. The quantitative estimate of drug-likeness (QED) is 0.756. The molecule has 0 atom stereocenters. The third-order valence-corrected chi connectivity index (χ3v) is 1.80. The van der Waals surface area contributed by atoms with Gasteiger partial charge in [0.15, 0.2) is 0 Å². The fourth-order valence-electron chi connectivity index (χ4n) is 1.15. The van der Waals surface area contributed by atoms with Gasteiger partial charge in [0.2, 0.25) is 0 Å². The van der Waals surface area contributed by atoms with Crippen molar-refractivity contribution in [3.63, 3.8) is 0 Å². The number of nitrogens with zero attached hydrogens (tertiary/aromatic N) is 3. The maximum absolute atomic E-state index is 11.0. The topological polar surface area (TPSA) is 72.8 Å². The van der Waals surface area contributed by atoms with Crippen LogP contribution in [-0.2, 0) is 0 Å². The van der Waals surface area contributed by atoms with E-state index in [-0.39, 0.29) is 5.69 Å². The number of hydrogen-bond donors (Lipinski definition) is 1. The summed E-state index contributed by atoms with van der Waals surface area (Å²) in [5, 5.41) is 8.63. The number of H-pyrrole nitrogens is 1. The minimum absolute atomic E-state index is 0.239. The van der Waals surface area contributed by atoms with Crippen LogP contribution in [0.4, 0.5) is 5.82 Å².